The van der Waals surface area contributed by atoms with E-state index in [1.807, 2.05) is 18.2 Å². The molecule has 0 radical (unpaired) electrons. The molecule has 0 rings (SSSR count). The van der Waals surface area contributed by atoms with E-state index in [0.29, 0.717) is 6.42 Å². The average Bonchev–Trinajstić information content (AvgIpc) is 2.33. The van der Waals surface area contributed by atoms with Crippen molar-refractivity contribution >= 4 is 5.97 Å². The van der Waals surface area contributed by atoms with Crippen molar-refractivity contribution in [3.63, 3.8) is 0 Å². The van der Waals surface area contributed by atoms with E-state index >= 15 is 0 Å². The fraction of sp³-hybridized carbons (Fsp3) is 0.636. The Morgan fingerprint density at radius 3 is 2.25 bits per heavy atom. The lowest BCUT2D eigenvalue weighted by Crippen LogP contribution is -2.30. The van der Waals surface area contributed by atoms with E-state index in [4.69, 9.17) is 15.8 Å². The molecule has 0 N–H and O–H groups in total. The maximum atomic E-state index is 11.5. The lowest BCUT2D eigenvalue weighted by Gasteiger charge is -2.21. The summed E-state index contributed by atoms with van der Waals surface area (Å²) in [6, 6.07) is 5.78. The molecule has 0 aromatic heterocycles. The molecule has 5 nitrogen and oxygen atoms in total. The fourth-order valence-corrected chi connectivity index (χ4v) is 1.42. The van der Waals surface area contributed by atoms with Gasteiger partial charge in [0.15, 0.2) is 5.41 Å². The Morgan fingerprint density at radius 2 is 1.81 bits per heavy atom. The number of carbonyl (C=O) groups is 1. The first kappa shape index (κ1) is 13.9. The molecule has 1 unspecified atom stereocenters. The zero-order valence-electron chi connectivity index (χ0n) is 9.19. The van der Waals surface area contributed by atoms with Crippen LogP contribution in [0.5, 0.6) is 0 Å². The number of hydrogen-bond donors (Lipinski definition) is 0. The third-order valence-corrected chi connectivity index (χ3v) is 2.35. The molecule has 0 saturated carbocycles. The molecule has 0 aliphatic heterocycles. The van der Waals surface area contributed by atoms with Gasteiger partial charge in [-0.05, 0) is 19.3 Å². The maximum Gasteiger partial charge on any atom is 0.326 e. The third-order valence-electron chi connectivity index (χ3n) is 2.35. The van der Waals surface area contributed by atoms with Gasteiger partial charge in [-0.1, -0.05) is 0 Å². The second-order valence-electron chi connectivity index (χ2n) is 3.36. The van der Waals surface area contributed by atoms with Crippen LogP contribution >= 0.6 is 0 Å². The number of methoxy groups -OCH3 is 1. The smallest absolute Gasteiger partial charge is 0.326 e. The fourth-order valence-electron chi connectivity index (χ4n) is 1.42. The number of nitrogens with zero attached hydrogens (tertiary/aromatic N) is 3. The van der Waals surface area contributed by atoms with Crippen molar-refractivity contribution in [2.75, 3.05) is 7.11 Å². The van der Waals surface area contributed by atoms with E-state index in [2.05, 4.69) is 4.74 Å². The first-order valence-electron chi connectivity index (χ1n) is 4.90. The van der Waals surface area contributed by atoms with E-state index in [0.717, 1.165) is 0 Å². The largest absolute Gasteiger partial charge is 0.468 e. The number of nitriles is 3. The molecule has 0 amide bonds. The monoisotopic (exact) mass is 219 g/mol. The molecular formula is C11H13N3O2. The van der Waals surface area contributed by atoms with Crippen molar-refractivity contribution in [3.8, 4) is 18.2 Å². The van der Waals surface area contributed by atoms with E-state index in [1.54, 1.807) is 0 Å². The van der Waals surface area contributed by atoms with Crippen LogP contribution in [0.3, 0.4) is 0 Å². The van der Waals surface area contributed by atoms with Crippen LogP contribution in [0.1, 0.15) is 32.1 Å². The number of carbonyl (C=O) groups excluding carboxylic acids is 1. The SMILES string of the molecule is COC(=O)C(C#N)(CCC#N)CCCC#N. The predicted octanol–water partition coefficient (Wildman–Crippen LogP) is 1.67. The first-order chi connectivity index (χ1) is 7.66. The number of rotatable bonds is 6. The van der Waals surface area contributed by atoms with Crippen molar-refractivity contribution in [2.45, 2.75) is 32.1 Å². The molecule has 1 atom stereocenters. The molecule has 0 saturated heterocycles. The Balaban J connectivity index is 4.71. The lowest BCUT2D eigenvalue weighted by atomic mass is 9.80. The normalized spacial score (nSPS) is 12.6. The Hall–Kier alpha value is -2.06. The summed E-state index contributed by atoms with van der Waals surface area (Å²) in [6.07, 6.45) is 1.26. The molecule has 0 bridgehead atoms. The van der Waals surface area contributed by atoms with E-state index < -0.39 is 11.4 Å². The molecule has 0 aromatic rings. The Bertz CT molecular complexity index is 359. The molecule has 84 valence electrons. The number of unbranched alkanes of at least 4 members (excludes halogenated alkanes) is 1. The van der Waals surface area contributed by atoms with Crippen LogP contribution in [-0.2, 0) is 9.53 Å². The molecule has 0 fully saturated rings. The quantitative estimate of drug-likeness (QED) is 0.499. The van der Waals surface area contributed by atoms with Gasteiger partial charge in [-0.2, -0.15) is 15.8 Å². The van der Waals surface area contributed by atoms with Crippen molar-refractivity contribution in [1.82, 2.24) is 0 Å². The van der Waals surface area contributed by atoms with Gasteiger partial charge in [0.25, 0.3) is 0 Å². The minimum Gasteiger partial charge on any atom is -0.468 e. The topological polar surface area (TPSA) is 97.7 Å². The van der Waals surface area contributed by atoms with Crippen LogP contribution in [0.4, 0.5) is 0 Å². The van der Waals surface area contributed by atoms with Gasteiger partial charge < -0.3 is 4.74 Å². The lowest BCUT2D eigenvalue weighted by molar-refractivity contribution is -0.150. The summed E-state index contributed by atoms with van der Waals surface area (Å²) in [5.74, 6) is -0.622. The highest BCUT2D eigenvalue weighted by Gasteiger charge is 2.38. The van der Waals surface area contributed by atoms with Crippen molar-refractivity contribution < 1.29 is 9.53 Å². The third kappa shape index (κ3) is 3.59. The van der Waals surface area contributed by atoms with Crippen LogP contribution in [0.25, 0.3) is 0 Å². The van der Waals surface area contributed by atoms with Crippen LogP contribution in [0.2, 0.25) is 0 Å². The van der Waals surface area contributed by atoms with Gasteiger partial charge in [-0.3, -0.25) is 4.79 Å². The second-order valence-corrected chi connectivity index (χ2v) is 3.36. The van der Waals surface area contributed by atoms with Crippen molar-refractivity contribution in [1.29, 1.82) is 15.8 Å². The van der Waals surface area contributed by atoms with Gasteiger partial charge in [-0.15, -0.1) is 0 Å². The zero-order valence-corrected chi connectivity index (χ0v) is 9.19. The first-order valence-corrected chi connectivity index (χ1v) is 4.90. The highest BCUT2D eigenvalue weighted by atomic mass is 16.5. The predicted molar refractivity (Wildman–Crippen MR) is 54.4 cm³/mol. The summed E-state index contributed by atoms with van der Waals surface area (Å²) >= 11 is 0. The molecule has 0 spiro atoms. The molecule has 5 heteroatoms. The molecule has 0 aliphatic carbocycles. The summed E-state index contributed by atoms with van der Waals surface area (Å²) < 4.78 is 4.58. The number of esters is 1. The summed E-state index contributed by atoms with van der Waals surface area (Å²) in [6.45, 7) is 0. The summed E-state index contributed by atoms with van der Waals surface area (Å²) in [4.78, 5) is 11.5. The number of hydrogen-bond acceptors (Lipinski definition) is 5. The van der Waals surface area contributed by atoms with Gasteiger partial charge in [0.2, 0.25) is 0 Å². The highest BCUT2D eigenvalue weighted by molar-refractivity contribution is 5.79. The second kappa shape index (κ2) is 7.26. The Labute approximate surface area is 94.8 Å². The minimum absolute atomic E-state index is 0.120. The van der Waals surface area contributed by atoms with Crippen LogP contribution in [0, 0.1) is 39.4 Å². The summed E-state index contributed by atoms with van der Waals surface area (Å²) in [7, 11) is 1.21. The minimum atomic E-state index is -1.28. The van der Waals surface area contributed by atoms with Crippen molar-refractivity contribution in [2.24, 2.45) is 5.41 Å². The Morgan fingerprint density at radius 1 is 1.19 bits per heavy atom. The highest BCUT2D eigenvalue weighted by Crippen LogP contribution is 2.31. The van der Waals surface area contributed by atoms with Gasteiger partial charge in [0, 0.05) is 12.8 Å². The summed E-state index contributed by atoms with van der Waals surface area (Å²) in [5.41, 5.74) is -1.28. The molecule has 0 aliphatic rings. The molecular weight excluding hydrogens is 206 g/mol. The van der Waals surface area contributed by atoms with Gasteiger partial charge in [0.1, 0.15) is 0 Å². The standard InChI is InChI=1S/C11H13N3O2/c1-16-10(15)11(9-14,6-4-8-13)5-2-3-7-12/h2-6H2,1H3. The van der Waals surface area contributed by atoms with Gasteiger partial charge in [0.05, 0.1) is 25.3 Å². The number of ether oxygens (including phenoxy) is 1. The molecule has 16 heavy (non-hydrogen) atoms. The van der Waals surface area contributed by atoms with E-state index in [1.165, 1.54) is 7.11 Å². The Kier molecular flexibility index (Phi) is 6.33. The van der Waals surface area contributed by atoms with Gasteiger partial charge >= 0.3 is 5.97 Å². The summed E-state index contributed by atoms with van der Waals surface area (Å²) in [5, 5.41) is 26.0. The average molecular weight is 219 g/mol. The van der Waals surface area contributed by atoms with E-state index in [-0.39, 0.29) is 25.7 Å². The maximum absolute atomic E-state index is 11.5. The van der Waals surface area contributed by atoms with Crippen LogP contribution < -0.4 is 0 Å². The van der Waals surface area contributed by atoms with Crippen LogP contribution in [-0.4, -0.2) is 13.1 Å². The van der Waals surface area contributed by atoms with Gasteiger partial charge in [-0.25, -0.2) is 0 Å². The van der Waals surface area contributed by atoms with Crippen molar-refractivity contribution in [3.05, 3.63) is 0 Å². The molecule has 0 heterocycles. The molecule has 0 aromatic carbocycles. The van der Waals surface area contributed by atoms with Crippen LogP contribution in [0.15, 0.2) is 0 Å². The zero-order chi connectivity index (χ0) is 12.4. The van der Waals surface area contributed by atoms with E-state index in [9.17, 15) is 4.79 Å².